The zero-order valence-electron chi connectivity index (χ0n) is 47.8. The van der Waals surface area contributed by atoms with E-state index in [0.29, 0.717) is 0 Å². The van der Waals surface area contributed by atoms with E-state index >= 15 is 0 Å². The summed E-state index contributed by atoms with van der Waals surface area (Å²) in [5.41, 5.74) is 22.3. The van der Waals surface area contributed by atoms with E-state index in [0.717, 1.165) is 82.8 Å². The summed E-state index contributed by atoms with van der Waals surface area (Å²) in [5.74, 6) is 0. The average molecular weight is 1120 g/mol. The van der Waals surface area contributed by atoms with Crippen molar-refractivity contribution in [2.24, 2.45) is 0 Å². The summed E-state index contributed by atoms with van der Waals surface area (Å²) in [7, 11) is 0. The SMILES string of the molecule is c1ccc(-c2ccc3oc4cccc(-c5c6ccccc6c(-c6ccc7ccccc7c6)c6cc(-c7cccc(-c8ccc9oc%10cccc(-c%11c%12ccccc%12c(-c%12ccccc%12-c%12ccccc%12)c%12ccccc%11%12)c%10c9c8)c7)ccc56)c4c3c2)cc1. The second kappa shape index (κ2) is 20.0. The Balaban J connectivity index is 0.814. The number of rotatable bonds is 8. The van der Waals surface area contributed by atoms with Gasteiger partial charge in [0.05, 0.1) is 0 Å². The van der Waals surface area contributed by atoms with Crippen molar-refractivity contribution in [3.8, 4) is 89.0 Å². The van der Waals surface area contributed by atoms with Gasteiger partial charge in [-0.1, -0.05) is 261 Å². The predicted octanol–water partition coefficient (Wildman–Crippen LogP) is 24.6. The van der Waals surface area contributed by atoms with Crippen molar-refractivity contribution >= 4 is 97.7 Å². The molecule has 18 aromatic rings. The third-order valence-electron chi connectivity index (χ3n) is 18.4. The van der Waals surface area contributed by atoms with Gasteiger partial charge in [-0.25, -0.2) is 0 Å². The molecule has 0 amide bonds. The summed E-state index contributed by atoms with van der Waals surface area (Å²) in [6, 6.07) is 115. The number of hydrogen-bond acceptors (Lipinski definition) is 2. The smallest absolute Gasteiger partial charge is 0.136 e. The van der Waals surface area contributed by atoms with Gasteiger partial charge in [0, 0.05) is 21.5 Å². The van der Waals surface area contributed by atoms with Crippen LogP contribution in [0.2, 0.25) is 0 Å². The lowest BCUT2D eigenvalue weighted by Gasteiger charge is -2.20. The third-order valence-corrected chi connectivity index (χ3v) is 18.4. The zero-order chi connectivity index (χ0) is 57.8. The highest BCUT2D eigenvalue weighted by atomic mass is 16.3. The number of benzene rings is 16. The molecule has 0 aliphatic carbocycles. The van der Waals surface area contributed by atoms with E-state index in [4.69, 9.17) is 8.83 Å². The highest BCUT2D eigenvalue weighted by Gasteiger charge is 2.25. The van der Waals surface area contributed by atoms with Gasteiger partial charge in [-0.3, -0.25) is 0 Å². The van der Waals surface area contributed by atoms with Gasteiger partial charge in [-0.15, -0.1) is 0 Å². The molecule has 2 aromatic heterocycles. The van der Waals surface area contributed by atoms with Gasteiger partial charge in [-0.2, -0.15) is 0 Å². The minimum Gasteiger partial charge on any atom is -0.456 e. The third kappa shape index (κ3) is 7.89. The van der Waals surface area contributed by atoms with Crippen molar-refractivity contribution in [3.05, 3.63) is 315 Å². The Morgan fingerprint density at radius 2 is 0.534 bits per heavy atom. The molecule has 0 atom stereocenters. The maximum Gasteiger partial charge on any atom is 0.136 e. The predicted molar refractivity (Wildman–Crippen MR) is 372 cm³/mol. The van der Waals surface area contributed by atoms with Crippen LogP contribution < -0.4 is 0 Å². The Hall–Kier alpha value is -11.6. The molecular formula is C86H52O2. The molecule has 16 aromatic carbocycles. The summed E-state index contributed by atoms with van der Waals surface area (Å²) in [6.07, 6.45) is 0. The molecule has 0 unspecified atom stereocenters. The fourth-order valence-electron chi connectivity index (χ4n) is 14.5. The van der Waals surface area contributed by atoms with Gasteiger partial charge in [-0.05, 0) is 197 Å². The van der Waals surface area contributed by atoms with Crippen LogP contribution in [0.3, 0.4) is 0 Å². The van der Waals surface area contributed by atoms with Crippen LogP contribution in [0.25, 0.3) is 187 Å². The molecule has 2 heteroatoms. The number of furan rings is 2. The van der Waals surface area contributed by atoms with Crippen LogP contribution in [-0.2, 0) is 0 Å². The van der Waals surface area contributed by atoms with E-state index < -0.39 is 0 Å². The van der Waals surface area contributed by atoms with Crippen LogP contribution in [0, 0.1) is 0 Å². The molecule has 0 fully saturated rings. The fraction of sp³-hybridized carbons (Fsp3) is 0. The van der Waals surface area contributed by atoms with Crippen molar-refractivity contribution in [3.63, 3.8) is 0 Å². The van der Waals surface area contributed by atoms with Crippen molar-refractivity contribution < 1.29 is 8.83 Å². The van der Waals surface area contributed by atoms with Crippen LogP contribution >= 0.6 is 0 Å². The molecule has 0 bridgehead atoms. The molecular weight excluding hydrogens is 1060 g/mol. The number of fused-ring (bicyclic) bond motifs is 11. The fourth-order valence-corrected chi connectivity index (χ4v) is 14.5. The molecule has 18 rings (SSSR count). The van der Waals surface area contributed by atoms with E-state index in [1.807, 2.05) is 0 Å². The van der Waals surface area contributed by atoms with Crippen LogP contribution in [0.1, 0.15) is 0 Å². The van der Waals surface area contributed by atoms with E-state index in [-0.39, 0.29) is 0 Å². The quantitative estimate of drug-likeness (QED) is 0.142. The molecule has 0 saturated heterocycles. The molecule has 0 aliphatic rings. The lowest BCUT2D eigenvalue weighted by atomic mass is 9.83. The summed E-state index contributed by atoms with van der Waals surface area (Å²) in [6.45, 7) is 0. The van der Waals surface area contributed by atoms with E-state index in [2.05, 4.69) is 315 Å². The summed E-state index contributed by atoms with van der Waals surface area (Å²) >= 11 is 0. The van der Waals surface area contributed by atoms with Crippen LogP contribution in [0.15, 0.2) is 324 Å². The normalized spacial score (nSPS) is 11.9. The van der Waals surface area contributed by atoms with Gasteiger partial charge in [0.2, 0.25) is 0 Å². The Morgan fingerprint density at radius 3 is 1.10 bits per heavy atom. The monoisotopic (exact) mass is 1120 g/mol. The second-order valence-corrected chi connectivity index (χ2v) is 23.3. The lowest BCUT2D eigenvalue weighted by molar-refractivity contribution is 0.668. The van der Waals surface area contributed by atoms with E-state index in [1.165, 1.54) is 104 Å². The zero-order valence-corrected chi connectivity index (χ0v) is 47.8. The molecule has 2 heterocycles. The Morgan fingerprint density at radius 1 is 0.159 bits per heavy atom. The molecule has 0 aliphatic heterocycles. The summed E-state index contributed by atoms with van der Waals surface area (Å²) < 4.78 is 13.5. The molecule has 88 heavy (non-hydrogen) atoms. The van der Waals surface area contributed by atoms with Crippen LogP contribution in [-0.4, -0.2) is 0 Å². The molecule has 2 nitrogen and oxygen atoms in total. The van der Waals surface area contributed by atoms with Gasteiger partial charge in [0.15, 0.2) is 0 Å². The summed E-state index contributed by atoms with van der Waals surface area (Å²) in [5, 5.41) is 16.4. The van der Waals surface area contributed by atoms with Crippen LogP contribution in [0.4, 0.5) is 0 Å². The highest BCUT2D eigenvalue weighted by molar-refractivity contribution is 6.28. The minimum absolute atomic E-state index is 0.860. The lowest BCUT2D eigenvalue weighted by Crippen LogP contribution is -1.93. The Bertz CT molecular complexity index is 5810. The first-order chi connectivity index (χ1) is 43.6. The van der Waals surface area contributed by atoms with Gasteiger partial charge in [0.1, 0.15) is 22.3 Å². The Kier molecular flexibility index (Phi) is 11.3. The molecule has 0 saturated carbocycles. The maximum absolute atomic E-state index is 6.82. The summed E-state index contributed by atoms with van der Waals surface area (Å²) in [4.78, 5) is 0. The van der Waals surface area contributed by atoms with Gasteiger partial charge >= 0.3 is 0 Å². The minimum atomic E-state index is 0.860. The van der Waals surface area contributed by atoms with Crippen molar-refractivity contribution in [1.82, 2.24) is 0 Å². The molecule has 0 radical (unpaired) electrons. The molecule has 408 valence electrons. The topological polar surface area (TPSA) is 26.3 Å². The van der Waals surface area contributed by atoms with E-state index in [1.54, 1.807) is 0 Å². The van der Waals surface area contributed by atoms with Crippen LogP contribution in [0.5, 0.6) is 0 Å². The largest absolute Gasteiger partial charge is 0.456 e. The van der Waals surface area contributed by atoms with E-state index in [9.17, 15) is 0 Å². The second-order valence-electron chi connectivity index (χ2n) is 23.3. The van der Waals surface area contributed by atoms with Crippen molar-refractivity contribution in [2.75, 3.05) is 0 Å². The Labute approximate surface area is 508 Å². The van der Waals surface area contributed by atoms with Gasteiger partial charge < -0.3 is 8.83 Å². The maximum atomic E-state index is 6.82. The standard InChI is InChI=1S/C86H52O2/c1-3-20-53(21-4-1)59-43-46-77-75(51-59)86-73(37-19-39-80(86)87-77)84-66-31-12-11-30-65(66)81(62-41-40-54-22-7-8-25-56(54)49-62)74-50-60(42-45-71(74)84)57-26-17-27-58(48-57)61-44-47-78-76(52-61)85-72(36-18-38-79(85)88-78)83-69-34-15-13-32-67(69)82(68-33-14-16-35-70(68)83)64-29-10-9-28-63(64)55-23-5-2-6-24-55/h1-52H. The van der Waals surface area contributed by atoms with Gasteiger partial charge in [0.25, 0.3) is 0 Å². The van der Waals surface area contributed by atoms with Crippen molar-refractivity contribution in [2.45, 2.75) is 0 Å². The average Bonchev–Trinajstić information content (AvgIpc) is 1.15. The number of hydrogen-bond donors (Lipinski definition) is 0. The van der Waals surface area contributed by atoms with Crippen molar-refractivity contribution in [1.29, 1.82) is 0 Å². The molecule has 0 N–H and O–H groups in total. The molecule has 0 spiro atoms. The first-order valence-electron chi connectivity index (χ1n) is 30.3. The first kappa shape index (κ1) is 49.8. The first-order valence-corrected chi connectivity index (χ1v) is 30.3. The highest BCUT2D eigenvalue weighted by Crippen LogP contribution is 2.51.